The van der Waals surface area contributed by atoms with Crippen LogP contribution >= 0.6 is 0 Å². The van der Waals surface area contributed by atoms with Gasteiger partial charge in [0, 0.05) is 23.0 Å². The number of aromatic nitrogens is 2. The van der Waals surface area contributed by atoms with E-state index in [9.17, 15) is 9.59 Å². The van der Waals surface area contributed by atoms with Crippen molar-refractivity contribution in [2.24, 2.45) is 0 Å². The van der Waals surface area contributed by atoms with Crippen LogP contribution in [0.5, 0.6) is 0 Å². The van der Waals surface area contributed by atoms with E-state index in [1.807, 2.05) is 39.9 Å². The fourth-order valence-corrected chi connectivity index (χ4v) is 4.62. The van der Waals surface area contributed by atoms with Crippen LogP contribution in [-0.4, -0.2) is 39.2 Å². The lowest BCUT2D eigenvalue weighted by molar-refractivity contribution is -0.133. The number of hydrogen-bond donors (Lipinski definition) is 0. The number of ether oxygens (including phenoxy) is 1. The van der Waals surface area contributed by atoms with E-state index in [4.69, 9.17) is 4.74 Å². The number of carbonyl (C=O) groups excluding carboxylic acids is 2. The summed E-state index contributed by atoms with van der Waals surface area (Å²) in [5.74, 6) is -0.609. The van der Waals surface area contributed by atoms with E-state index < -0.39 is 5.97 Å². The molecule has 30 heavy (non-hydrogen) atoms. The molecule has 1 aromatic carbocycles. The summed E-state index contributed by atoms with van der Waals surface area (Å²) in [4.78, 5) is 27.6. The van der Waals surface area contributed by atoms with Gasteiger partial charge >= 0.3 is 5.97 Å². The monoisotopic (exact) mass is 405 g/mol. The molecule has 0 aliphatic heterocycles. The number of amides is 1. The molecule has 1 aromatic heterocycles. The van der Waals surface area contributed by atoms with Crippen LogP contribution in [0.3, 0.4) is 0 Å². The molecule has 5 rings (SSSR count). The van der Waals surface area contributed by atoms with Gasteiger partial charge < -0.3 is 9.64 Å². The molecule has 6 heteroatoms. The van der Waals surface area contributed by atoms with Crippen LogP contribution in [-0.2, 0) is 22.4 Å². The summed E-state index contributed by atoms with van der Waals surface area (Å²) in [5, 5.41) is 4.57. The number of esters is 1. The Morgan fingerprint density at radius 2 is 1.90 bits per heavy atom. The van der Waals surface area contributed by atoms with Crippen molar-refractivity contribution in [2.45, 2.75) is 63.8 Å². The van der Waals surface area contributed by atoms with Crippen LogP contribution in [0.4, 0.5) is 0 Å². The molecule has 1 amide bonds. The molecular weight excluding hydrogens is 378 g/mol. The van der Waals surface area contributed by atoms with E-state index in [2.05, 4.69) is 11.2 Å². The van der Waals surface area contributed by atoms with Crippen molar-refractivity contribution in [3.05, 3.63) is 59.1 Å². The lowest BCUT2D eigenvalue weighted by atomic mass is 10.0. The van der Waals surface area contributed by atoms with Crippen LogP contribution in [0, 0.1) is 0 Å². The van der Waals surface area contributed by atoms with Crippen molar-refractivity contribution < 1.29 is 14.3 Å². The van der Waals surface area contributed by atoms with Crippen molar-refractivity contribution in [2.75, 3.05) is 6.61 Å². The normalized spacial score (nSPS) is 17.9. The van der Waals surface area contributed by atoms with Crippen LogP contribution < -0.4 is 0 Å². The third-order valence-corrected chi connectivity index (χ3v) is 6.21. The highest BCUT2D eigenvalue weighted by Gasteiger charge is 2.36. The number of para-hydroxylation sites is 1. The molecule has 2 aromatic rings. The average Bonchev–Trinajstić information content (AvgIpc) is 3.37. The number of fused-ring (bicyclic) bond motifs is 1. The maximum atomic E-state index is 12.9. The highest BCUT2D eigenvalue weighted by molar-refractivity contribution is 5.91. The van der Waals surface area contributed by atoms with E-state index in [1.54, 1.807) is 0 Å². The van der Waals surface area contributed by atoms with Gasteiger partial charge in [-0.3, -0.25) is 4.79 Å². The Kier molecular flexibility index (Phi) is 5.15. The largest absolute Gasteiger partial charge is 0.451 e. The molecule has 0 unspecified atom stereocenters. The zero-order chi connectivity index (χ0) is 20.5. The number of hydrogen-bond acceptors (Lipinski definition) is 4. The number of rotatable bonds is 6. The van der Waals surface area contributed by atoms with E-state index in [0.717, 1.165) is 74.0 Å². The molecule has 0 N–H and O–H groups in total. The van der Waals surface area contributed by atoms with Gasteiger partial charge in [0.05, 0.1) is 5.69 Å². The highest BCUT2D eigenvalue weighted by Crippen LogP contribution is 2.34. The van der Waals surface area contributed by atoms with E-state index in [1.165, 1.54) is 6.42 Å². The minimum Gasteiger partial charge on any atom is -0.451 e. The molecule has 1 saturated carbocycles. The summed E-state index contributed by atoms with van der Waals surface area (Å²) in [5.41, 5.74) is 4.44. The molecule has 0 atom stereocenters. The number of carbonyl (C=O) groups is 2. The molecule has 156 valence electrons. The molecule has 0 radical (unpaired) electrons. The zero-order valence-corrected chi connectivity index (χ0v) is 17.2. The van der Waals surface area contributed by atoms with Crippen LogP contribution in [0.15, 0.2) is 42.1 Å². The first-order chi connectivity index (χ1) is 14.7. The summed E-state index contributed by atoms with van der Waals surface area (Å²) in [6.45, 7) is -0.223. The van der Waals surface area contributed by atoms with Gasteiger partial charge in [-0.25, -0.2) is 9.48 Å². The van der Waals surface area contributed by atoms with Gasteiger partial charge in [-0.05, 0) is 69.9 Å². The zero-order valence-electron chi connectivity index (χ0n) is 17.2. The number of benzene rings is 1. The molecule has 0 spiro atoms. The van der Waals surface area contributed by atoms with Crippen molar-refractivity contribution in [1.82, 2.24) is 14.7 Å². The Morgan fingerprint density at radius 3 is 2.63 bits per heavy atom. The van der Waals surface area contributed by atoms with Crippen molar-refractivity contribution in [3.8, 4) is 5.69 Å². The van der Waals surface area contributed by atoms with Gasteiger partial charge in [-0.1, -0.05) is 24.3 Å². The predicted molar refractivity (Wildman–Crippen MR) is 112 cm³/mol. The smallest absolute Gasteiger partial charge is 0.359 e. The first-order valence-electron chi connectivity index (χ1n) is 11.1. The van der Waals surface area contributed by atoms with Crippen LogP contribution in [0.2, 0.25) is 0 Å². The summed E-state index contributed by atoms with van der Waals surface area (Å²) < 4.78 is 7.33. The third kappa shape index (κ3) is 3.66. The molecule has 0 saturated heterocycles. The summed E-state index contributed by atoms with van der Waals surface area (Å²) in [6.07, 6.45) is 11.2. The maximum absolute atomic E-state index is 12.9. The Morgan fingerprint density at radius 1 is 1.07 bits per heavy atom. The van der Waals surface area contributed by atoms with Gasteiger partial charge in [0.2, 0.25) is 0 Å². The standard InChI is InChI=1S/C24H27N3O3/c28-22(26(18-14-15-18)17-8-3-1-4-9-17)16-30-24(29)23-20-12-7-13-21(20)27(25-23)19-10-5-2-6-11-19/h2,5-6,8,10-11,18H,1,3-4,7,9,12-16H2. The van der Waals surface area contributed by atoms with E-state index >= 15 is 0 Å². The second kappa shape index (κ2) is 8.09. The first kappa shape index (κ1) is 19.1. The lowest BCUT2D eigenvalue weighted by Crippen LogP contribution is -2.36. The minimum absolute atomic E-state index is 0.113. The second-order valence-corrected chi connectivity index (χ2v) is 8.39. The number of allylic oxidation sites excluding steroid dienone is 2. The Bertz CT molecular complexity index is 989. The van der Waals surface area contributed by atoms with Crippen molar-refractivity contribution in [3.63, 3.8) is 0 Å². The highest BCUT2D eigenvalue weighted by atomic mass is 16.5. The lowest BCUT2D eigenvalue weighted by Gasteiger charge is -2.27. The summed E-state index contributed by atoms with van der Waals surface area (Å²) in [6, 6.07) is 10.1. The van der Waals surface area contributed by atoms with Crippen molar-refractivity contribution in [1.29, 1.82) is 0 Å². The molecule has 3 aliphatic carbocycles. The van der Waals surface area contributed by atoms with E-state index in [0.29, 0.717) is 5.69 Å². The average molecular weight is 405 g/mol. The molecule has 3 aliphatic rings. The first-order valence-corrected chi connectivity index (χ1v) is 11.1. The Balaban J connectivity index is 1.31. The second-order valence-electron chi connectivity index (χ2n) is 8.39. The molecule has 1 heterocycles. The van der Waals surface area contributed by atoms with Gasteiger partial charge in [0.25, 0.3) is 5.91 Å². The van der Waals surface area contributed by atoms with Crippen molar-refractivity contribution >= 4 is 11.9 Å². The Hall–Kier alpha value is -2.89. The van der Waals surface area contributed by atoms with Gasteiger partial charge in [-0.2, -0.15) is 5.10 Å². The van der Waals surface area contributed by atoms with Gasteiger partial charge in [-0.15, -0.1) is 0 Å². The summed E-state index contributed by atoms with van der Waals surface area (Å²) >= 11 is 0. The van der Waals surface area contributed by atoms with Crippen LogP contribution in [0.25, 0.3) is 5.69 Å². The Labute approximate surface area is 176 Å². The van der Waals surface area contributed by atoms with Crippen LogP contribution in [0.1, 0.15) is 66.7 Å². The predicted octanol–water partition coefficient (Wildman–Crippen LogP) is 3.97. The van der Waals surface area contributed by atoms with Gasteiger partial charge in [0.15, 0.2) is 12.3 Å². The SMILES string of the molecule is O=C(OCC(=O)N(C1=CCCCC1)C1CC1)c1nn(-c2ccccc2)c2c1CCC2. The molecular formula is C24H27N3O3. The fraction of sp³-hybridized carbons (Fsp3) is 0.458. The minimum atomic E-state index is -0.496. The number of nitrogens with zero attached hydrogens (tertiary/aromatic N) is 3. The molecule has 1 fully saturated rings. The third-order valence-electron chi connectivity index (χ3n) is 6.21. The topological polar surface area (TPSA) is 64.4 Å². The van der Waals surface area contributed by atoms with E-state index in [-0.39, 0.29) is 18.6 Å². The molecule has 0 bridgehead atoms. The fourth-order valence-electron chi connectivity index (χ4n) is 4.62. The van der Waals surface area contributed by atoms with Gasteiger partial charge in [0.1, 0.15) is 0 Å². The summed E-state index contributed by atoms with van der Waals surface area (Å²) in [7, 11) is 0. The maximum Gasteiger partial charge on any atom is 0.359 e. The molecule has 6 nitrogen and oxygen atoms in total. The quantitative estimate of drug-likeness (QED) is 0.682.